The van der Waals surface area contributed by atoms with Crippen LogP contribution in [0.2, 0.25) is 0 Å². The molecule has 0 spiro atoms. The fourth-order valence-corrected chi connectivity index (χ4v) is 4.95. The van der Waals surface area contributed by atoms with E-state index < -0.39 is 0 Å². The third-order valence-electron chi connectivity index (χ3n) is 7.50. The third kappa shape index (κ3) is 8.43. The van der Waals surface area contributed by atoms with Gasteiger partial charge in [-0.3, -0.25) is 9.59 Å². The molecule has 0 fully saturated rings. The quantitative estimate of drug-likeness (QED) is 0.154. The number of rotatable bonds is 12. The first kappa shape index (κ1) is 31.2. The molecule has 0 aliphatic heterocycles. The fourth-order valence-electron chi connectivity index (χ4n) is 4.95. The number of carbonyl (C=O) groups excluding carboxylic acids is 2. The Bertz CT molecular complexity index is 1750. The maximum Gasteiger partial charge on any atom is 0.227 e. The normalized spacial score (nSPS) is 10.7. The molecule has 228 valence electrons. The summed E-state index contributed by atoms with van der Waals surface area (Å²) in [5.41, 5.74) is 12.0. The van der Waals surface area contributed by atoms with E-state index in [1.165, 1.54) is 11.6 Å². The van der Waals surface area contributed by atoms with E-state index in [4.69, 9.17) is 10.5 Å². The van der Waals surface area contributed by atoms with Crippen molar-refractivity contribution < 1.29 is 18.7 Å². The van der Waals surface area contributed by atoms with E-state index in [0.717, 1.165) is 22.3 Å². The Morgan fingerprint density at radius 2 is 1.47 bits per heavy atom. The van der Waals surface area contributed by atoms with Crippen molar-refractivity contribution in [2.45, 2.75) is 39.4 Å². The van der Waals surface area contributed by atoms with Crippen molar-refractivity contribution in [3.8, 4) is 22.6 Å². The largest absolute Gasteiger partial charge is 0.455 e. The highest BCUT2D eigenvalue weighted by Gasteiger charge is 2.21. The summed E-state index contributed by atoms with van der Waals surface area (Å²) in [5.74, 6) is 0.137. The Hall–Kier alpha value is -5.27. The molecule has 0 aliphatic rings. The number of nitrogens with two attached hydrogens (primary N) is 1. The Kier molecular flexibility index (Phi) is 10.4. The molecule has 0 saturated carbocycles. The molecule has 45 heavy (non-hydrogen) atoms. The van der Waals surface area contributed by atoms with Gasteiger partial charge in [-0.05, 0) is 59.5 Å². The Morgan fingerprint density at radius 3 is 2.20 bits per heavy atom. The van der Waals surface area contributed by atoms with Crippen LogP contribution >= 0.6 is 0 Å². The predicted molar refractivity (Wildman–Crippen MR) is 176 cm³/mol. The minimum atomic E-state index is -0.387. The summed E-state index contributed by atoms with van der Waals surface area (Å²) in [7, 11) is 0. The first-order valence-corrected chi connectivity index (χ1v) is 14.9. The molecule has 0 heterocycles. The van der Waals surface area contributed by atoms with Gasteiger partial charge in [-0.15, -0.1) is 0 Å². The molecule has 0 radical (unpaired) electrons. The highest BCUT2D eigenvalue weighted by atomic mass is 19.1. The standard InChI is InChI=1S/C38H36FN3O3/c1-27-13-17-30(18-14-27)31-19-15-28(16-20-31)26-42(38(44)22-21-37(43)41-25-32-8-2-3-10-34(32)39)35-11-4-5-12-36(35)45-33-9-6-7-29(23-33)24-40/h2-20,23H,21-22,24-26,40H2,1H3,(H,41,43). The monoisotopic (exact) mass is 601 g/mol. The van der Waals surface area contributed by atoms with Crippen LogP contribution in [0.3, 0.4) is 0 Å². The minimum absolute atomic E-state index is 0.0401. The highest BCUT2D eigenvalue weighted by Crippen LogP contribution is 2.34. The molecule has 6 nitrogen and oxygen atoms in total. The van der Waals surface area contributed by atoms with Crippen LogP contribution < -0.4 is 20.7 Å². The second kappa shape index (κ2) is 14.9. The van der Waals surface area contributed by atoms with Gasteiger partial charge in [0.05, 0.1) is 12.2 Å². The summed E-state index contributed by atoms with van der Waals surface area (Å²) in [4.78, 5) is 28.1. The number of amides is 2. The number of aryl methyl sites for hydroxylation is 1. The average molecular weight is 602 g/mol. The molecule has 5 rings (SSSR count). The van der Waals surface area contributed by atoms with E-state index in [2.05, 4.69) is 36.5 Å². The second-order valence-electron chi connectivity index (χ2n) is 10.8. The SMILES string of the molecule is Cc1ccc(-c2ccc(CN(C(=O)CCC(=O)NCc3ccccc3F)c3ccccc3Oc3cccc(CN)c3)cc2)cc1. The van der Waals surface area contributed by atoms with Crippen LogP contribution in [0.15, 0.2) is 121 Å². The molecule has 0 unspecified atom stereocenters. The molecule has 0 saturated heterocycles. The van der Waals surface area contributed by atoms with Gasteiger partial charge < -0.3 is 20.7 Å². The van der Waals surface area contributed by atoms with E-state index in [1.54, 1.807) is 23.1 Å². The maximum atomic E-state index is 14.0. The van der Waals surface area contributed by atoms with Crippen molar-refractivity contribution in [1.82, 2.24) is 5.32 Å². The van der Waals surface area contributed by atoms with Gasteiger partial charge >= 0.3 is 0 Å². The van der Waals surface area contributed by atoms with Crippen LogP contribution in [0.5, 0.6) is 11.5 Å². The molecular weight excluding hydrogens is 565 g/mol. The zero-order chi connectivity index (χ0) is 31.6. The second-order valence-corrected chi connectivity index (χ2v) is 10.8. The van der Waals surface area contributed by atoms with E-state index >= 15 is 0 Å². The van der Waals surface area contributed by atoms with Crippen molar-refractivity contribution in [2.75, 3.05) is 4.90 Å². The van der Waals surface area contributed by atoms with Crippen molar-refractivity contribution in [3.63, 3.8) is 0 Å². The van der Waals surface area contributed by atoms with Gasteiger partial charge in [0.25, 0.3) is 0 Å². The number of anilines is 1. The number of halogens is 1. The molecule has 0 aromatic heterocycles. The zero-order valence-electron chi connectivity index (χ0n) is 25.2. The van der Waals surface area contributed by atoms with Gasteiger partial charge in [0.2, 0.25) is 11.8 Å². The van der Waals surface area contributed by atoms with Crippen LogP contribution in [-0.4, -0.2) is 11.8 Å². The van der Waals surface area contributed by atoms with Crippen LogP contribution in [-0.2, 0) is 29.2 Å². The molecule has 5 aromatic rings. The lowest BCUT2D eigenvalue weighted by molar-refractivity contribution is -0.125. The molecular formula is C38H36FN3O3. The number of carbonyl (C=O) groups is 2. The maximum absolute atomic E-state index is 14.0. The molecule has 2 amide bonds. The first-order valence-electron chi connectivity index (χ1n) is 14.9. The van der Waals surface area contributed by atoms with E-state index in [0.29, 0.717) is 29.3 Å². The third-order valence-corrected chi connectivity index (χ3v) is 7.50. The van der Waals surface area contributed by atoms with Crippen molar-refractivity contribution in [1.29, 1.82) is 0 Å². The lowest BCUT2D eigenvalue weighted by atomic mass is 10.0. The number of hydrogen-bond donors (Lipinski definition) is 2. The van der Waals surface area contributed by atoms with Crippen molar-refractivity contribution in [3.05, 3.63) is 149 Å². The van der Waals surface area contributed by atoms with E-state index in [-0.39, 0.29) is 43.6 Å². The van der Waals surface area contributed by atoms with E-state index in [1.807, 2.05) is 72.8 Å². The number of para-hydroxylation sites is 2. The molecule has 0 aliphatic carbocycles. The Labute approximate surface area is 263 Å². The lowest BCUT2D eigenvalue weighted by Gasteiger charge is -2.25. The zero-order valence-corrected chi connectivity index (χ0v) is 25.2. The summed E-state index contributed by atoms with van der Waals surface area (Å²) in [6.07, 6.45) is -0.0841. The summed E-state index contributed by atoms with van der Waals surface area (Å²) < 4.78 is 20.3. The van der Waals surface area contributed by atoms with E-state index in [9.17, 15) is 14.0 Å². The first-order chi connectivity index (χ1) is 21.9. The number of hydrogen-bond acceptors (Lipinski definition) is 4. The fraction of sp³-hybridized carbons (Fsp3) is 0.158. The van der Waals surface area contributed by atoms with Gasteiger partial charge in [0, 0.05) is 31.5 Å². The van der Waals surface area contributed by atoms with Crippen molar-refractivity contribution in [2.24, 2.45) is 5.73 Å². The summed E-state index contributed by atoms with van der Waals surface area (Å²) in [6.45, 7) is 2.76. The predicted octanol–water partition coefficient (Wildman–Crippen LogP) is 7.68. The Morgan fingerprint density at radius 1 is 0.778 bits per heavy atom. The lowest BCUT2D eigenvalue weighted by Crippen LogP contribution is -2.32. The highest BCUT2D eigenvalue weighted by molar-refractivity contribution is 5.96. The smallest absolute Gasteiger partial charge is 0.227 e. The average Bonchev–Trinajstić information content (AvgIpc) is 3.07. The topological polar surface area (TPSA) is 84.7 Å². The molecule has 0 bridgehead atoms. The van der Waals surface area contributed by atoms with Crippen molar-refractivity contribution >= 4 is 17.5 Å². The van der Waals surface area contributed by atoms with Gasteiger partial charge in [-0.25, -0.2) is 4.39 Å². The molecule has 0 atom stereocenters. The number of ether oxygens (including phenoxy) is 1. The van der Waals surface area contributed by atoms with Crippen LogP contribution in [0.1, 0.15) is 35.1 Å². The number of nitrogens with zero attached hydrogens (tertiary/aromatic N) is 1. The van der Waals surface area contributed by atoms with Crippen LogP contribution in [0.25, 0.3) is 11.1 Å². The molecule has 7 heteroatoms. The van der Waals surface area contributed by atoms with Gasteiger partial charge in [-0.1, -0.05) is 96.6 Å². The summed E-state index contributed by atoms with van der Waals surface area (Å²) in [6, 6.07) is 37.5. The van der Waals surface area contributed by atoms with Gasteiger partial charge in [0.1, 0.15) is 11.6 Å². The van der Waals surface area contributed by atoms with Gasteiger partial charge in [0.15, 0.2) is 5.75 Å². The molecule has 3 N–H and O–H groups in total. The number of nitrogens with one attached hydrogen (secondary N) is 1. The summed E-state index contributed by atoms with van der Waals surface area (Å²) in [5, 5.41) is 2.72. The Balaban J connectivity index is 1.36. The number of benzene rings is 5. The van der Waals surface area contributed by atoms with Gasteiger partial charge in [-0.2, -0.15) is 0 Å². The minimum Gasteiger partial charge on any atom is -0.455 e. The van der Waals surface area contributed by atoms with Crippen LogP contribution in [0.4, 0.5) is 10.1 Å². The molecule has 5 aromatic carbocycles. The van der Waals surface area contributed by atoms with Crippen LogP contribution in [0, 0.1) is 12.7 Å². The summed E-state index contributed by atoms with van der Waals surface area (Å²) >= 11 is 0.